The van der Waals surface area contributed by atoms with Crippen LogP contribution in [0.4, 0.5) is 11.4 Å². The van der Waals surface area contributed by atoms with Gasteiger partial charge in [0.05, 0.1) is 21.2 Å². The second kappa shape index (κ2) is 5.72. The Hall–Kier alpha value is -2.10. The smallest absolute Gasteiger partial charge is 0.0723 e. The summed E-state index contributed by atoms with van der Waals surface area (Å²) in [6.45, 7) is 0. The van der Waals surface area contributed by atoms with Crippen LogP contribution in [0.15, 0.2) is 48.8 Å². The zero-order chi connectivity index (χ0) is 14.8. The molecule has 0 saturated heterocycles. The first-order valence-corrected chi connectivity index (χ1v) is 7.14. The highest BCUT2D eigenvalue weighted by Gasteiger charge is 2.09. The molecule has 1 heterocycles. The third kappa shape index (κ3) is 2.84. The van der Waals surface area contributed by atoms with Gasteiger partial charge in [0.15, 0.2) is 0 Å². The first-order chi connectivity index (χ1) is 10.1. The van der Waals surface area contributed by atoms with Crippen LogP contribution in [0.2, 0.25) is 10.0 Å². The van der Waals surface area contributed by atoms with Crippen LogP contribution in [-0.4, -0.2) is 4.98 Å². The molecule has 0 fully saturated rings. The van der Waals surface area contributed by atoms with Crippen molar-refractivity contribution in [1.29, 1.82) is 0 Å². The highest BCUT2D eigenvalue weighted by molar-refractivity contribution is 6.42. The van der Waals surface area contributed by atoms with E-state index >= 15 is 0 Å². The van der Waals surface area contributed by atoms with Crippen LogP contribution in [0.1, 0.15) is 5.56 Å². The molecule has 0 radical (unpaired) electrons. The maximum Gasteiger partial charge on any atom is 0.0723 e. The van der Waals surface area contributed by atoms with Crippen molar-refractivity contribution >= 4 is 51.6 Å². The van der Waals surface area contributed by atoms with Gasteiger partial charge in [-0.2, -0.15) is 0 Å². The number of H-pyrrole nitrogens is 1. The van der Waals surface area contributed by atoms with Crippen LogP contribution >= 0.6 is 23.2 Å². The monoisotopic (exact) mass is 317 g/mol. The fraction of sp³-hybridized carbons (Fsp3) is 0. The fourth-order valence-electron chi connectivity index (χ4n) is 2.12. The van der Waals surface area contributed by atoms with Gasteiger partial charge in [-0.3, -0.25) is 0 Å². The third-order valence-corrected chi connectivity index (χ3v) is 3.80. The zero-order valence-corrected chi connectivity index (χ0v) is 12.5. The van der Waals surface area contributed by atoms with Gasteiger partial charge in [0.1, 0.15) is 0 Å². The van der Waals surface area contributed by atoms with Gasteiger partial charge in [0.2, 0.25) is 0 Å². The molecule has 4 N–H and O–H groups in total. The molecule has 0 amide bonds. The van der Waals surface area contributed by atoms with E-state index in [2.05, 4.69) is 10.3 Å². The summed E-state index contributed by atoms with van der Waals surface area (Å²) >= 11 is 12.3. The van der Waals surface area contributed by atoms with Crippen LogP contribution in [0, 0.1) is 0 Å². The molecular formula is C16H13Cl2N3. The first kappa shape index (κ1) is 13.9. The van der Waals surface area contributed by atoms with Crippen molar-refractivity contribution in [3.05, 3.63) is 64.4 Å². The number of benzene rings is 2. The molecule has 3 aromatic rings. The predicted molar refractivity (Wildman–Crippen MR) is 91.8 cm³/mol. The highest BCUT2D eigenvalue weighted by Crippen LogP contribution is 2.34. The number of nitrogens with one attached hydrogen (secondary N) is 2. The Morgan fingerprint density at radius 3 is 2.52 bits per heavy atom. The molecule has 5 heteroatoms. The molecule has 0 saturated carbocycles. The molecule has 0 unspecified atom stereocenters. The molecule has 106 valence electrons. The second-order valence-electron chi connectivity index (χ2n) is 4.63. The Labute approximate surface area is 132 Å². The Morgan fingerprint density at radius 1 is 1.00 bits per heavy atom. The normalized spacial score (nSPS) is 11.3. The molecule has 2 aromatic carbocycles. The molecule has 21 heavy (non-hydrogen) atoms. The van der Waals surface area contributed by atoms with E-state index in [0.29, 0.717) is 10.0 Å². The summed E-state index contributed by atoms with van der Waals surface area (Å²) in [5.41, 5.74) is 9.26. The summed E-state index contributed by atoms with van der Waals surface area (Å²) in [7, 11) is 0. The van der Waals surface area contributed by atoms with E-state index in [9.17, 15) is 0 Å². The van der Waals surface area contributed by atoms with E-state index in [4.69, 9.17) is 28.9 Å². The van der Waals surface area contributed by atoms with E-state index in [-0.39, 0.29) is 0 Å². The average molecular weight is 318 g/mol. The Bertz CT molecular complexity index is 804. The Morgan fingerprint density at radius 2 is 1.76 bits per heavy atom. The summed E-state index contributed by atoms with van der Waals surface area (Å²) in [5.74, 6) is 0. The number of hydrogen-bond acceptors (Lipinski definition) is 2. The van der Waals surface area contributed by atoms with Crippen molar-refractivity contribution in [2.45, 2.75) is 0 Å². The second-order valence-corrected chi connectivity index (χ2v) is 5.44. The SMILES string of the molecule is Nc1ccc(/C=C\Nc2ccc(Cl)c3c(Cl)c[nH]c23)cc1. The van der Waals surface area contributed by atoms with Crippen molar-refractivity contribution in [2.75, 3.05) is 11.1 Å². The lowest BCUT2D eigenvalue weighted by Gasteiger charge is -2.04. The van der Waals surface area contributed by atoms with Gasteiger partial charge in [-0.15, -0.1) is 0 Å². The molecule has 3 rings (SSSR count). The molecule has 3 nitrogen and oxygen atoms in total. The summed E-state index contributed by atoms with van der Waals surface area (Å²) < 4.78 is 0. The van der Waals surface area contributed by atoms with Gasteiger partial charge in [-0.1, -0.05) is 35.3 Å². The third-order valence-electron chi connectivity index (χ3n) is 3.19. The quantitative estimate of drug-likeness (QED) is 0.586. The number of aromatic nitrogens is 1. The molecule has 0 bridgehead atoms. The number of nitrogens with two attached hydrogens (primary N) is 1. The van der Waals surface area contributed by atoms with E-state index in [0.717, 1.165) is 27.8 Å². The number of anilines is 2. The number of hydrogen-bond donors (Lipinski definition) is 3. The minimum atomic E-state index is 0.612. The van der Waals surface area contributed by atoms with Gasteiger partial charge < -0.3 is 16.0 Å². The number of fused-ring (bicyclic) bond motifs is 1. The van der Waals surface area contributed by atoms with Gasteiger partial charge in [-0.25, -0.2) is 0 Å². The lowest BCUT2D eigenvalue weighted by atomic mass is 10.2. The van der Waals surface area contributed by atoms with Crippen LogP contribution < -0.4 is 11.1 Å². The van der Waals surface area contributed by atoms with Crippen molar-refractivity contribution in [3.8, 4) is 0 Å². The molecule has 0 aliphatic carbocycles. The molecule has 0 aliphatic rings. The van der Waals surface area contributed by atoms with Gasteiger partial charge >= 0.3 is 0 Å². The standard InChI is InChI=1S/C16H13Cl2N3/c17-12-5-6-14(16-15(12)13(18)9-21-16)20-8-7-10-1-3-11(19)4-2-10/h1-9,20-21H,19H2/b8-7-. The summed E-state index contributed by atoms with van der Waals surface area (Å²) in [5, 5.41) is 5.30. The van der Waals surface area contributed by atoms with Gasteiger partial charge in [-0.05, 0) is 35.9 Å². The minimum Gasteiger partial charge on any atom is -0.399 e. The van der Waals surface area contributed by atoms with E-state index in [1.807, 2.05) is 48.7 Å². The van der Waals surface area contributed by atoms with Crippen molar-refractivity contribution < 1.29 is 0 Å². The molecule has 1 aromatic heterocycles. The largest absolute Gasteiger partial charge is 0.399 e. The highest BCUT2D eigenvalue weighted by atomic mass is 35.5. The number of nitrogen functional groups attached to an aromatic ring is 1. The predicted octanol–water partition coefficient (Wildman–Crippen LogP) is 5.14. The summed E-state index contributed by atoms with van der Waals surface area (Å²) in [6, 6.07) is 11.4. The van der Waals surface area contributed by atoms with Crippen LogP contribution in [-0.2, 0) is 0 Å². The van der Waals surface area contributed by atoms with Gasteiger partial charge in [0, 0.05) is 23.5 Å². The topological polar surface area (TPSA) is 53.8 Å². The summed E-state index contributed by atoms with van der Waals surface area (Å²) in [4.78, 5) is 3.12. The lowest BCUT2D eigenvalue weighted by Crippen LogP contribution is -1.89. The minimum absolute atomic E-state index is 0.612. The van der Waals surface area contributed by atoms with Crippen molar-refractivity contribution in [1.82, 2.24) is 4.98 Å². The van der Waals surface area contributed by atoms with Gasteiger partial charge in [0.25, 0.3) is 0 Å². The fourth-order valence-corrected chi connectivity index (χ4v) is 2.68. The first-order valence-electron chi connectivity index (χ1n) is 6.39. The van der Waals surface area contributed by atoms with E-state index in [1.54, 1.807) is 6.20 Å². The maximum absolute atomic E-state index is 6.16. The molecule has 0 atom stereocenters. The Balaban J connectivity index is 1.85. The number of halogens is 2. The molecule has 0 spiro atoms. The Kier molecular flexibility index (Phi) is 3.78. The van der Waals surface area contributed by atoms with Crippen LogP contribution in [0.25, 0.3) is 17.0 Å². The zero-order valence-electron chi connectivity index (χ0n) is 11.0. The number of aromatic amines is 1. The van der Waals surface area contributed by atoms with E-state index < -0.39 is 0 Å². The summed E-state index contributed by atoms with van der Waals surface area (Å²) in [6.07, 6.45) is 5.56. The van der Waals surface area contributed by atoms with Crippen LogP contribution in [0.3, 0.4) is 0 Å². The average Bonchev–Trinajstić information content (AvgIpc) is 2.87. The molecule has 0 aliphatic heterocycles. The lowest BCUT2D eigenvalue weighted by molar-refractivity contribution is 1.46. The van der Waals surface area contributed by atoms with Crippen LogP contribution in [0.5, 0.6) is 0 Å². The van der Waals surface area contributed by atoms with E-state index in [1.165, 1.54) is 0 Å². The maximum atomic E-state index is 6.16. The van der Waals surface area contributed by atoms with Crippen molar-refractivity contribution in [3.63, 3.8) is 0 Å². The number of rotatable bonds is 3. The van der Waals surface area contributed by atoms with Crippen molar-refractivity contribution in [2.24, 2.45) is 0 Å². The molecular weight excluding hydrogens is 305 g/mol.